The number of hydrogen-bond acceptors (Lipinski definition) is 1. The lowest BCUT2D eigenvalue weighted by Gasteiger charge is -2.03. The highest BCUT2D eigenvalue weighted by Crippen LogP contribution is 2.20. The van der Waals surface area contributed by atoms with Crippen LogP contribution < -0.4 is 5.32 Å². The van der Waals surface area contributed by atoms with Crippen LogP contribution in [0.5, 0.6) is 0 Å². The predicted octanol–water partition coefficient (Wildman–Crippen LogP) is 3.02. The van der Waals surface area contributed by atoms with Gasteiger partial charge in [0.25, 0.3) is 0 Å². The summed E-state index contributed by atoms with van der Waals surface area (Å²) in [4.78, 5) is 11.5. The zero-order valence-electron chi connectivity index (χ0n) is 9.16. The van der Waals surface area contributed by atoms with Gasteiger partial charge >= 0.3 is 0 Å². The number of halogens is 1. The number of benzene rings is 1. The average molecular weight is 236 g/mol. The Morgan fingerprint density at radius 3 is 2.88 bits per heavy atom. The molecule has 1 aliphatic rings. The van der Waals surface area contributed by atoms with Gasteiger partial charge in [0.1, 0.15) is 0 Å². The van der Waals surface area contributed by atoms with Gasteiger partial charge in [-0.25, -0.2) is 0 Å². The summed E-state index contributed by atoms with van der Waals surface area (Å²) in [7, 11) is 0. The third-order valence-electron chi connectivity index (χ3n) is 2.55. The van der Waals surface area contributed by atoms with Crippen molar-refractivity contribution >= 4 is 23.1 Å². The zero-order chi connectivity index (χ0) is 11.5. The quantitative estimate of drug-likeness (QED) is 0.802. The van der Waals surface area contributed by atoms with Gasteiger partial charge in [0, 0.05) is 17.1 Å². The van der Waals surface area contributed by atoms with Crippen LogP contribution in [0.2, 0.25) is 5.02 Å². The molecule has 0 aromatic heterocycles. The molecular formula is C13H14ClNO. The number of nitrogens with one attached hydrogen (secondary N) is 1. The first-order chi connectivity index (χ1) is 7.65. The van der Waals surface area contributed by atoms with E-state index in [1.807, 2.05) is 31.2 Å². The maximum absolute atomic E-state index is 11.5. The average Bonchev–Trinajstić information content (AvgIpc) is 3.01. The minimum absolute atomic E-state index is 0.0139. The molecule has 0 radical (unpaired) electrons. The zero-order valence-corrected chi connectivity index (χ0v) is 9.92. The molecule has 0 saturated heterocycles. The van der Waals surface area contributed by atoms with Crippen molar-refractivity contribution < 1.29 is 4.79 Å². The molecule has 1 saturated carbocycles. The smallest absolute Gasteiger partial charge is 0.244 e. The van der Waals surface area contributed by atoms with Crippen LogP contribution in [-0.4, -0.2) is 11.9 Å². The normalized spacial score (nSPS) is 16.0. The van der Waals surface area contributed by atoms with Gasteiger partial charge in [-0.15, -0.1) is 0 Å². The molecule has 1 aromatic carbocycles. The highest BCUT2D eigenvalue weighted by molar-refractivity contribution is 6.30. The van der Waals surface area contributed by atoms with E-state index in [0.717, 1.165) is 24.0 Å². The predicted molar refractivity (Wildman–Crippen MR) is 66.3 cm³/mol. The summed E-state index contributed by atoms with van der Waals surface area (Å²) in [6.07, 6.45) is 3.84. The molecular weight excluding hydrogens is 222 g/mol. The highest BCUT2D eigenvalue weighted by atomic mass is 35.5. The minimum atomic E-state index is -0.0139. The molecule has 0 heterocycles. The van der Waals surface area contributed by atoms with Gasteiger partial charge in [-0.05, 0) is 43.0 Å². The first kappa shape index (κ1) is 11.2. The Bertz CT molecular complexity index is 435. The van der Waals surface area contributed by atoms with Crippen LogP contribution >= 0.6 is 11.6 Å². The van der Waals surface area contributed by atoms with Gasteiger partial charge in [0.05, 0.1) is 0 Å². The molecule has 0 unspecified atom stereocenters. The van der Waals surface area contributed by atoms with E-state index in [1.165, 1.54) is 0 Å². The van der Waals surface area contributed by atoms with E-state index in [9.17, 15) is 4.79 Å². The largest absolute Gasteiger partial charge is 0.350 e. The molecule has 2 rings (SSSR count). The summed E-state index contributed by atoms with van der Waals surface area (Å²) in [5.41, 5.74) is 1.92. The Balaban J connectivity index is 2.07. The van der Waals surface area contributed by atoms with Crippen molar-refractivity contribution in [3.05, 3.63) is 40.9 Å². The number of hydrogen-bond donors (Lipinski definition) is 1. The van der Waals surface area contributed by atoms with Gasteiger partial charge in [-0.3, -0.25) is 4.79 Å². The molecule has 0 bridgehead atoms. The maximum Gasteiger partial charge on any atom is 0.244 e. The lowest BCUT2D eigenvalue weighted by Crippen LogP contribution is -2.23. The van der Waals surface area contributed by atoms with Crippen molar-refractivity contribution in [3.63, 3.8) is 0 Å². The van der Waals surface area contributed by atoms with Crippen LogP contribution in [0.25, 0.3) is 5.57 Å². The molecule has 1 aliphatic carbocycles. The summed E-state index contributed by atoms with van der Waals surface area (Å²) in [6, 6.07) is 7.91. The third kappa shape index (κ3) is 3.11. The maximum atomic E-state index is 11.5. The van der Waals surface area contributed by atoms with Crippen molar-refractivity contribution in [1.29, 1.82) is 0 Å². The Labute approximate surface area is 100 Å². The SMILES string of the molecule is C/C(=C/C(=O)NC1CC1)c1cccc(Cl)c1. The fraction of sp³-hybridized carbons (Fsp3) is 0.308. The van der Waals surface area contributed by atoms with Crippen LogP contribution in [0.3, 0.4) is 0 Å². The van der Waals surface area contributed by atoms with Crippen LogP contribution in [0.15, 0.2) is 30.3 Å². The number of carbonyl (C=O) groups is 1. The van der Waals surface area contributed by atoms with Gasteiger partial charge in [-0.1, -0.05) is 23.7 Å². The van der Waals surface area contributed by atoms with Crippen molar-refractivity contribution in [2.45, 2.75) is 25.8 Å². The first-order valence-electron chi connectivity index (χ1n) is 5.40. The van der Waals surface area contributed by atoms with E-state index >= 15 is 0 Å². The second-order valence-corrected chi connectivity index (χ2v) is 4.56. The molecule has 2 nitrogen and oxygen atoms in total. The Hall–Kier alpha value is -1.28. The van der Waals surface area contributed by atoms with Gasteiger partial charge in [0.15, 0.2) is 0 Å². The Morgan fingerprint density at radius 2 is 2.25 bits per heavy atom. The molecule has 1 fully saturated rings. The van der Waals surface area contributed by atoms with E-state index in [2.05, 4.69) is 5.32 Å². The van der Waals surface area contributed by atoms with E-state index in [-0.39, 0.29) is 5.91 Å². The van der Waals surface area contributed by atoms with E-state index in [0.29, 0.717) is 11.1 Å². The molecule has 0 aliphatic heterocycles. The number of allylic oxidation sites excluding steroid dienone is 1. The highest BCUT2D eigenvalue weighted by Gasteiger charge is 2.22. The number of carbonyl (C=O) groups excluding carboxylic acids is 1. The van der Waals surface area contributed by atoms with Gasteiger partial charge < -0.3 is 5.32 Å². The molecule has 1 amide bonds. The summed E-state index contributed by atoms with van der Waals surface area (Å²) >= 11 is 5.89. The minimum Gasteiger partial charge on any atom is -0.350 e. The van der Waals surface area contributed by atoms with Gasteiger partial charge in [-0.2, -0.15) is 0 Å². The summed E-state index contributed by atoms with van der Waals surface area (Å²) < 4.78 is 0. The van der Waals surface area contributed by atoms with Crippen LogP contribution in [0.4, 0.5) is 0 Å². The number of amides is 1. The summed E-state index contributed by atoms with van der Waals surface area (Å²) in [6.45, 7) is 1.91. The Kier molecular flexibility index (Phi) is 3.30. The van der Waals surface area contributed by atoms with Crippen molar-refractivity contribution in [1.82, 2.24) is 5.32 Å². The van der Waals surface area contributed by atoms with Crippen LogP contribution in [-0.2, 0) is 4.79 Å². The fourth-order valence-electron chi connectivity index (χ4n) is 1.48. The summed E-state index contributed by atoms with van der Waals surface area (Å²) in [5.74, 6) is -0.0139. The lowest BCUT2D eigenvalue weighted by atomic mass is 10.1. The van der Waals surface area contributed by atoms with E-state index in [1.54, 1.807) is 6.08 Å². The van der Waals surface area contributed by atoms with E-state index < -0.39 is 0 Å². The van der Waals surface area contributed by atoms with Gasteiger partial charge in [0.2, 0.25) is 5.91 Å². The molecule has 1 aromatic rings. The molecule has 3 heteroatoms. The van der Waals surface area contributed by atoms with Crippen LogP contribution in [0.1, 0.15) is 25.3 Å². The topological polar surface area (TPSA) is 29.1 Å². The molecule has 84 valence electrons. The summed E-state index contributed by atoms with van der Waals surface area (Å²) in [5, 5.41) is 3.61. The van der Waals surface area contributed by atoms with Crippen molar-refractivity contribution in [2.75, 3.05) is 0 Å². The standard InChI is InChI=1S/C13H14ClNO/c1-9(7-13(16)15-12-5-6-12)10-3-2-4-11(14)8-10/h2-4,7-8,12H,5-6H2,1H3,(H,15,16)/b9-7-. The first-order valence-corrected chi connectivity index (χ1v) is 5.77. The van der Waals surface area contributed by atoms with Crippen molar-refractivity contribution in [3.8, 4) is 0 Å². The molecule has 0 atom stereocenters. The lowest BCUT2D eigenvalue weighted by molar-refractivity contribution is -0.116. The fourth-order valence-corrected chi connectivity index (χ4v) is 1.67. The molecule has 1 N–H and O–H groups in total. The number of rotatable bonds is 3. The Morgan fingerprint density at radius 1 is 1.50 bits per heavy atom. The second kappa shape index (κ2) is 4.71. The monoisotopic (exact) mass is 235 g/mol. The van der Waals surface area contributed by atoms with Crippen molar-refractivity contribution in [2.24, 2.45) is 0 Å². The van der Waals surface area contributed by atoms with Crippen LogP contribution in [0, 0.1) is 0 Å². The third-order valence-corrected chi connectivity index (χ3v) is 2.79. The second-order valence-electron chi connectivity index (χ2n) is 4.12. The molecule has 16 heavy (non-hydrogen) atoms. The molecule has 0 spiro atoms. The van der Waals surface area contributed by atoms with E-state index in [4.69, 9.17) is 11.6 Å².